The quantitative estimate of drug-likeness (QED) is 0.679. The van der Waals surface area contributed by atoms with Gasteiger partial charge in [0.1, 0.15) is 0 Å². The van der Waals surface area contributed by atoms with Gasteiger partial charge in [-0.05, 0) is 31.7 Å². The van der Waals surface area contributed by atoms with Gasteiger partial charge in [0, 0.05) is 13.2 Å². The molecule has 1 N–H and O–H groups in total. The summed E-state index contributed by atoms with van der Waals surface area (Å²) >= 11 is 0. The van der Waals surface area contributed by atoms with Gasteiger partial charge >= 0.3 is 0 Å². The minimum absolute atomic E-state index is 0.360. The lowest BCUT2D eigenvalue weighted by Crippen LogP contribution is -2.27. The Kier molecular flexibility index (Phi) is 4.90. The summed E-state index contributed by atoms with van der Waals surface area (Å²) in [6.07, 6.45) is 7.14. The molecule has 0 aromatic heterocycles. The molecule has 0 aromatic rings. The van der Waals surface area contributed by atoms with Crippen LogP contribution in [0.25, 0.3) is 0 Å². The Morgan fingerprint density at radius 1 is 1.20 bits per heavy atom. The minimum atomic E-state index is 0.360. The van der Waals surface area contributed by atoms with Crippen LogP contribution in [0, 0.1) is 5.92 Å². The van der Waals surface area contributed by atoms with E-state index >= 15 is 0 Å². The topological polar surface area (TPSA) is 30.5 Å². The van der Waals surface area contributed by atoms with Gasteiger partial charge in [0.2, 0.25) is 0 Å². The predicted molar refractivity (Wildman–Crippen MR) is 60.0 cm³/mol. The van der Waals surface area contributed by atoms with Gasteiger partial charge in [0.05, 0.1) is 19.3 Å². The number of rotatable bonds is 6. The van der Waals surface area contributed by atoms with Gasteiger partial charge in [-0.15, -0.1) is 0 Å². The van der Waals surface area contributed by atoms with Crippen LogP contribution < -0.4 is 5.32 Å². The first-order valence-corrected chi connectivity index (χ1v) is 6.35. The number of hydrogen-bond acceptors (Lipinski definition) is 3. The number of ether oxygens (including phenoxy) is 2. The third-order valence-corrected chi connectivity index (χ3v) is 3.43. The Balaban J connectivity index is 1.41. The van der Waals surface area contributed by atoms with Gasteiger partial charge in [-0.1, -0.05) is 12.8 Å². The van der Waals surface area contributed by atoms with E-state index in [0.717, 1.165) is 38.7 Å². The zero-order chi connectivity index (χ0) is 10.3. The van der Waals surface area contributed by atoms with Crippen molar-refractivity contribution in [1.82, 2.24) is 5.32 Å². The second kappa shape index (κ2) is 6.46. The summed E-state index contributed by atoms with van der Waals surface area (Å²) in [4.78, 5) is 0. The third-order valence-electron chi connectivity index (χ3n) is 3.43. The van der Waals surface area contributed by atoms with Crippen molar-refractivity contribution in [3.63, 3.8) is 0 Å². The second-order valence-electron chi connectivity index (χ2n) is 4.71. The van der Waals surface area contributed by atoms with E-state index in [-0.39, 0.29) is 0 Å². The number of nitrogens with one attached hydrogen (secondary N) is 1. The van der Waals surface area contributed by atoms with E-state index < -0.39 is 0 Å². The standard InChI is InChI=1S/C12H23NO2/c1-2-4-11(3-1)9-13-6-8-15-12-5-7-14-10-12/h11-13H,1-10H2. The molecule has 1 saturated carbocycles. The fourth-order valence-corrected chi connectivity index (χ4v) is 2.46. The molecule has 0 amide bonds. The summed E-state index contributed by atoms with van der Waals surface area (Å²) in [6, 6.07) is 0. The lowest BCUT2D eigenvalue weighted by atomic mass is 10.1. The van der Waals surface area contributed by atoms with Crippen LogP contribution in [-0.2, 0) is 9.47 Å². The maximum absolute atomic E-state index is 5.68. The van der Waals surface area contributed by atoms with Crippen molar-refractivity contribution in [2.45, 2.75) is 38.2 Å². The largest absolute Gasteiger partial charge is 0.379 e. The Bertz CT molecular complexity index is 145. The molecule has 3 heteroatoms. The average Bonchev–Trinajstić information content (AvgIpc) is 2.88. The predicted octanol–water partition coefficient (Wildman–Crippen LogP) is 1.57. The molecule has 88 valence electrons. The van der Waals surface area contributed by atoms with Crippen LogP contribution in [0.2, 0.25) is 0 Å². The van der Waals surface area contributed by atoms with Gasteiger partial charge < -0.3 is 14.8 Å². The Morgan fingerprint density at radius 2 is 2.07 bits per heavy atom. The zero-order valence-electron chi connectivity index (χ0n) is 9.54. The fourth-order valence-electron chi connectivity index (χ4n) is 2.46. The van der Waals surface area contributed by atoms with Crippen molar-refractivity contribution in [2.75, 3.05) is 32.9 Å². The molecule has 0 aromatic carbocycles. The first-order valence-electron chi connectivity index (χ1n) is 6.35. The SMILES string of the molecule is C1CCC(CNCCOC2CCOC2)C1. The third kappa shape index (κ3) is 4.09. The Labute approximate surface area is 92.5 Å². The molecule has 1 aliphatic carbocycles. The van der Waals surface area contributed by atoms with Crippen molar-refractivity contribution in [1.29, 1.82) is 0 Å². The van der Waals surface area contributed by atoms with Gasteiger partial charge in [-0.2, -0.15) is 0 Å². The maximum Gasteiger partial charge on any atom is 0.0831 e. The smallest absolute Gasteiger partial charge is 0.0831 e. The summed E-state index contributed by atoms with van der Waals surface area (Å²) in [6.45, 7) is 4.68. The van der Waals surface area contributed by atoms with Crippen LogP contribution in [0.4, 0.5) is 0 Å². The first kappa shape index (κ1) is 11.4. The van der Waals surface area contributed by atoms with E-state index in [1.54, 1.807) is 0 Å². The van der Waals surface area contributed by atoms with E-state index in [0.29, 0.717) is 6.10 Å². The maximum atomic E-state index is 5.68. The molecule has 2 rings (SSSR count). The van der Waals surface area contributed by atoms with Crippen molar-refractivity contribution < 1.29 is 9.47 Å². The van der Waals surface area contributed by atoms with Crippen LogP contribution in [0.15, 0.2) is 0 Å². The van der Waals surface area contributed by atoms with Gasteiger partial charge in [0.15, 0.2) is 0 Å². The van der Waals surface area contributed by atoms with Crippen LogP contribution in [0.5, 0.6) is 0 Å². The fraction of sp³-hybridized carbons (Fsp3) is 1.00. The van der Waals surface area contributed by atoms with Crippen molar-refractivity contribution in [3.8, 4) is 0 Å². The molecule has 1 saturated heterocycles. The summed E-state index contributed by atoms with van der Waals surface area (Å²) in [7, 11) is 0. The number of hydrogen-bond donors (Lipinski definition) is 1. The molecule has 1 aliphatic heterocycles. The van der Waals surface area contributed by atoms with E-state index in [4.69, 9.17) is 9.47 Å². The molecule has 0 radical (unpaired) electrons. The zero-order valence-corrected chi connectivity index (χ0v) is 9.54. The van der Waals surface area contributed by atoms with Crippen LogP contribution in [0.1, 0.15) is 32.1 Å². The highest BCUT2D eigenvalue weighted by Crippen LogP contribution is 2.23. The molecule has 2 aliphatic rings. The summed E-state index contributed by atoms with van der Waals surface area (Å²) in [5.41, 5.74) is 0. The second-order valence-corrected chi connectivity index (χ2v) is 4.71. The highest BCUT2D eigenvalue weighted by molar-refractivity contribution is 4.69. The molecule has 1 heterocycles. The lowest BCUT2D eigenvalue weighted by Gasteiger charge is -2.12. The van der Waals surface area contributed by atoms with Crippen LogP contribution in [0.3, 0.4) is 0 Å². The summed E-state index contributed by atoms with van der Waals surface area (Å²) in [5, 5.41) is 3.49. The first-order chi connectivity index (χ1) is 7.45. The van der Waals surface area contributed by atoms with E-state index in [1.165, 1.54) is 32.2 Å². The normalized spacial score (nSPS) is 27.6. The molecule has 15 heavy (non-hydrogen) atoms. The van der Waals surface area contributed by atoms with Gasteiger partial charge in [-0.25, -0.2) is 0 Å². The van der Waals surface area contributed by atoms with E-state index in [9.17, 15) is 0 Å². The average molecular weight is 213 g/mol. The highest BCUT2D eigenvalue weighted by Gasteiger charge is 2.16. The molecule has 1 unspecified atom stereocenters. The monoisotopic (exact) mass is 213 g/mol. The van der Waals surface area contributed by atoms with Crippen LogP contribution >= 0.6 is 0 Å². The lowest BCUT2D eigenvalue weighted by molar-refractivity contribution is 0.0442. The molecule has 2 fully saturated rings. The van der Waals surface area contributed by atoms with Crippen molar-refractivity contribution >= 4 is 0 Å². The molecular weight excluding hydrogens is 190 g/mol. The Morgan fingerprint density at radius 3 is 2.80 bits per heavy atom. The molecular formula is C12H23NO2. The van der Waals surface area contributed by atoms with Crippen LogP contribution in [-0.4, -0.2) is 39.0 Å². The Hall–Kier alpha value is -0.120. The van der Waals surface area contributed by atoms with Crippen molar-refractivity contribution in [3.05, 3.63) is 0 Å². The minimum Gasteiger partial charge on any atom is -0.379 e. The highest BCUT2D eigenvalue weighted by atomic mass is 16.5. The molecule has 1 atom stereocenters. The summed E-state index contributed by atoms with van der Waals surface area (Å²) < 4.78 is 10.9. The summed E-state index contributed by atoms with van der Waals surface area (Å²) in [5.74, 6) is 0.930. The van der Waals surface area contributed by atoms with Crippen molar-refractivity contribution in [2.24, 2.45) is 5.92 Å². The van der Waals surface area contributed by atoms with E-state index in [2.05, 4.69) is 5.32 Å². The van der Waals surface area contributed by atoms with E-state index in [1.807, 2.05) is 0 Å². The molecule has 3 nitrogen and oxygen atoms in total. The van der Waals surface area contributed by atoms with Gasteiger partial charge in [-0.3, -0.25) is 0 Å². The molecule has 0 bridgehead atoms. The van der Waals surface area contributed by atoms with Gasteiger partial charge in [0.25, 0.3) is 0 Å². The molecule has 0 spiro atoms.